The van der Waals surface area contributed by atoms with Crippen molar-refractivity contribution in [1.82, 2.24) is 0 Å². The number of rotatable bonds is 5. The zero-order chi connectivity index (χ0) is 18.1. The van der Waals surface area contributed by atoms with E-state index in [1.54, 1.807) is 0 Å². The van der Waals surface area contributed by atoms with Crippen molar-refractivity contribution in [3.8, 4) is 5.75 Å². The molecule has 11 heteroatoms. The molecule has 0 fully saturated rings. The maximum atomic E-state index is 12.3. The molecule has 0 N–H and O–H groups in total. The van der Waals surface area contributed by atoms with E-state index in [4.69, 9.17) is 15.8 Å². The molecule has 0 aliphatic heterocycles. The van der Waals surface area contributed by atoms with Crippen molar-refractivity contribution in [1.29, 1.82) is 0 Å². The van der Waals surface area contributed by atoms with Crippen molar-refractivity contribution >= 4 is 33.1 Å². The van der Waals surface area contributed by atoms with Crippen LogP contribution in [0.15, 0.2) is 41.3 Å². The highest BCUT2D eigenvalue weighted by molar-refractivity contribution is 7.87. The Morgan fingerprint density at radius 2 is 1.54 bits per heavy atom. The van der Waals surface area contributed by atoms with Crippen molar-refractivity contribution < 1.29 is 22.4 Å². The molecule has 0 saturated carbocycles. The molecule has 2 aromatic carbocycles. The maximum absolute atomic E-state index is 12.3. The van der Waals surface area contributed by atoms with E-state index in [1.165, 1.54) is 6.92 Å². The number of hydrogen-bond donors (Lipinski definition) is 0. The topological polar surface area (TPSA) is 130 Å². The fourth-order valence-corrected chi connectivity index (χ4v) is 3.28. The van der Waals surface area contributed by atoms with E-state index in [0.717, 1.165) is 36.4 Å². The van der Waals surface area contributed by atoms with Crippen LogP contribution in [0.5, 0.6) is 5.75 Å². The molecule has 0 saturated heterocycles. The van der Waals surface area contributed by atoms with Gasteiger partial charge in [0.1, 0.15) is 4.90 Å². The molecule has 0 spiro atoms. The Hall–Kier alpha value is -2.72. The molecule has 0 aliphatic carbocycles. The van der Waals surface area contributed by atoms with Gasteiger partial charge in [0.25, 0.3) is 11.4 Å². The second-order valence-corrected chi connectivity index (χ2v) is 6.54. The highest BCUT2D eigenvalue weighted by Crippen LogP contribution is 2.32. The number of aryl methyl sites for hydroxylation is 1. The fraction of sp³-hybridized carbons (Fsp3) is 0.0769. The Labute approximate surface area is 140 Å². The third kappa shape index (κ3) is 3.60. The summed E-state index contributed by atoms with van der Waals surface area (Å²) in [6.07, 6.45) is 0. The largest absolute Gasteiger partial charge is 0.377 e. The molecule has 2 rings (SSSR count). The minimum absolute atomic E-state index is 0.113. The van der Waals surface area contributed by atoms with Crippen molar-refractivity contribution in [2.75, 3.05) is 0 Å². The highest BCUT2D eigenvalue weighted by atomic mass is 35.5. The van der Waals surface area contributed by atoms with Crippen molar-refractivity contribution in [3.63, 3.8) is 0 Å². The van der Waals surface area contributed by atoms with E-state index >= 15 is 0 Å². The first-order chi connectivity index (χ1) is 11.1. The Kier molecular flexibility index (Phi) is 4.71. The van der Waals surface area contributed by atoms with Crippen LogP contribution in [-0.4, -0.2) is 18.3 Å². The highest BCUT2D eigenvalue weighted by Gasteiger charge is 2.23. The second kappa shape index (κ2) is 6.42. The van der Waals surface area contributed by atoms with Crippen LogP contribution in [0.4, 0.5) is 11.4 Å². The summed E-state index contributed by atoms with van der Waals surface area (Å²) in [5, 5.41) is 21.1. The van der Waals surface area contributed by atoms with Gasteiger partial charge in [-0.05, 0) is 24.6 Å². The van der Waals surface area contributed by atoms with Crippen LogP contribution in [0.1, 0.15) is 5.56 Å². The summed E-state index contributed by atoms with van der Waals surface area (Å²) in [6.45, 7) is 1.38. The number of nitro benzene ring substituents is 2. The van der Waals surface area contributed by atoms with Gasteiger partial charge in [0, 0.05) is 24.3 Å². The summed E-state index contributed by atoms with van der Waals surface area (Å²) < 4.78 is 29.5. The lowest BCUT2D eigenvalue weighted by Gasteiger charge is -2.10. The van der Waals surface area contributed by atoms with Crippen molar-refractivity contribution in [3.05, 3.63) is 67.2 Å². The molecule has 0 heterocycles. The lowest BCUT2D eigenvalue weighted by molar-refractivity contribution is -0.385. The van der Waals surface area contributed by atoms with E-state index in [2.05, 4.69) is 0 Å². The van der Waals surface area contributed by atoms with E-state index in [1.807, 2.05) is 0 Å². The normalized spacial score (nSPS) is 11.1. The summed E-state index contributed by atoms with van der Waals surface area (Å²) >= 11 is 5.79. The first-order valence-corrected chi connectivity index (χ1v) is 8.04. The minimum Gasteiger partial charge on any atom is -0.377 e. The number of nitrogens with zero attached hydrogens (tertiary/aromatic N) is 2. The molecule has 0 amide bonds. The summed E-state index contributed by atoms with van der Waals surface area (Å²) in [5.74, 6) is -0.292. The van der Waals surface area contributed by atoms with Gasteiger partial charge in [-0.15, -0.1) is 0 Å². The molecule has 0 bridgehead atoms. The van der Waals surface area contributed by atoms with Crippen molar-refractivity contribution in [2.45, 2.75) is 11.8 Å². The molecule has 0 radical (unpaired) electrons. The zero-order valence-electron chi connectivity index (χ0n) is 12.0. The van der Waals surface area contributed by atoms with Gasteiger partial charge in [-0.25, -0.2) is 0 Å². The number of hydrogen-bond acceptors (Lipinski definition) is 7. The van der Waals surface area contributed by atoms with Crippen LogP contribution in [0, 0.1) is 27.2 Å². The Morgan fingerprint density at radius 3 is 2.04 bits per heavy atom. The van der Waals surface area contributed by atoms with Gasteiger partial charge in [0.05, 0.1) is 14.9 Å². The molecule has 0 aromatic heterocycles. The average molecular weight is 373 g/mol. The lowest BCUT2D eigenvalue weighted by atomic mass is 10.2. The number of halogens is 1. The first-order valence-electron chi connectivity index (χ1n) is 6.25. The first kappa shape index (κ1) is 17.6. The average Bonchev–Trinajstić information content (AvgIpc) is 2.48. The standard InChI is InChI=1S/C13H9ClN2O7S/c1-8-6-9(15(17)18)3-5-13(8)24(21,22)23-12-4-2-10(16(19)20)7-11(12)14/h2-7H,1H3. The van der Waals surface area contributed by atoms with Crippen LogP contribution in [0.2, 0.25) is 5.02 Å². The summed E-state index contributed by atoms with van der Waals surface area (Å²) in [6, 6.07) is 6.21. The van der Waals surface area contributed by atoms with Gasteiger partial charge in [-0.1, -0.05) is 11.6 Å². The van der Waals surface area contributed by atoms with Gasteiger partial charge in [-0.3, -0.25) is 20.2 Å². The summed E-state index contributed by atoms with van der Waals surface area (Å²) in [7, 11) is -4.32. The molecule has 0 aliphatic rings. The number of non-ortho nitro benzene ring substituents is 2. The fourth-order valence-electron chi connectivity index (χ4n) is 1.86. The predicted octanol–water partition coefficient (Wildman–Crippen LogP) is 3.23. The summed E-state index contributed by atoms with van der Waals surface area (Å²) in [4.78, 5) is 19.7. The molecule has 9 nitrogen and oxygen atoms in total. The molecule has 2 aromatic rings. The Bertz CT molecular complexity index is 943. The monoisotopic (exact) mass is 372 g/mol. The third-order valence-corrected chi connectivity index (χ3v) is 4.66. The molecule has 0 unspecified atom stereocenters. The Morgan fingerprint density at radius 1 is 1.00 bits per heavy atom. The van der Waals surface area contributed by atoms with E-state index in [9.17, 15) is 28.6 Å². The number of nitro groups is 2. The van der Waals surface area contributed by atoms with Gasteiger partial charge < -0.3 is 4.18 Å². The van der Waals surface area contributed by atoms with Crippen LogP contribution in [-0.2, 0) is 10.1 Å². The predicted molar refractivity (Wildman–Crippen MR) is 83.8 cm³/mol. The third-order valence-electron chi connectivity index (χ3n) is 2.96. The van der Waals surface area contributed by atoms with Crippen LogP contribution in [0.3, 0.4) is 0 Å². The smallest absolute Gasteiger partial charge is 0.339 e. The molecular weight excluding hydrogens is 364 g/mol. The number of benzene rings is 2. The Balaban J connectivity index is 2.39. The minimum atomic E-state index is -4.32. The lowest BCUT2D eigenvalue weighted by Crippen LogP contribution is -2.12. The van der Waals surface area contributed by atoms with E-state index < -0.39 is 20.0 Å². The SMILES string of the molecule is Cc1cc([N+](=O)[O-])ccc1S(=O)(=O)Oc1ccc([N+](=O)[O-])cc1Cl. The van der Waals surface area contributed by atoms with E-state index in [0.29, 0.717) is 0 Å². The molecular formula is C13H9ClN2O7S. The molecule has 24 heavy (non-hydrogen) atoms. The zero-order valence-corrected chi connectivity index (χ0v) is 13.6. The van der Waals surface area contributed by atoms with Gasteiger partial charge in [0.15, 0.2) is 5.75 Å². The second-order valence-electron chi connectivity index (χ2n) is 4.62. The maximum Gasteiger partial charge on any atom is 0.339 e. The van der Waals surface area contributed by atoms with Crippen LogP contribution in [0.25, 0.3) is 0 Å². The van der Waals surface area contributed by atoms with Crippen LogP contribution >= 0.6 is 11.6 Å². The molecule has 126 valence electrons. The van der Waals surface area contributed by atoms with Gasteiger partial charge >= 0.3 is 10.1 Å². The van der Waals surface area contributed by atoms with Crippen molar-refractivity contribution in [2.24, 2.45) is 0 Å². The molecule has 0 atom stereocenters. The van der Waals surface area contributed by atoms with Gasteiger partial charge in [-0.2, -0.15) is 8.42 Å². The summed E-state index contributed by atoms with van der Waals surface area (Å²) in [5.41, 5.74) is -0.474. The van der Waals surface area contributed by atoms with Crippen LogP contribution < -0.4 is 4.18 Å². The van der Waals surface area contributed by atoms with E-state index in [-0.39, 0.29) is 32.6 Å². The van der Waals surface area contributed by atoms with Gasteiger partial charge in [0.2, 0.25) is 0 Å². The quantitative estimate of drug-likeness (QED) is 0.447.